The molecule has 0 saturated carbocycles. The molecule has 8 heteroatoms. The zero-order valence-corrected chi connectivity index (χ0v) is 17.3. The number of rotatable bonds is 4. The molecule has 2 aromatic heterocycles. The number of fused-ring (bicyclic) bond motifs is 1. The maximum atomic E-state index is 13.0. The van der Waals surface area contributed by atoms with Gasteiger partial charge in [-0.1, -0.05) is 12.1 Å². The maximum absolute atomic E-state index is 13.0. The van der Waals surface area contributed by atoms with Crippen LogP contribution < -0.4 is 10.9 Å². The second-order valence-electron chi connectivity index (χ2n) is 7.02. The predicted octanol–water partition coefficient (Wildman–Crippen LogP) is 4.11. The molecule has 2 heterocycles. The highest BCUT2D eigenvalue weighted by molar-refractivity contribution is 6.05. The van der Waals surface area contributed by atoms with E-state index in [0.717, 1.165) is 5.56 Å². The number of methoxy groups -OCH3 is 1. The molecule has 0 atom stereocenters. The van der Waals surface area contributed by atoms with Crippen molar-refractivity contribution in [2.45, 2.75) is 6.92 Å². The summed E-state index contributed by atoms with van der Waals surface area (Å²) in [5, 5.41) is 13.1. The molecule has 0 radical (unpaired) electrons. The van der Waals surface area contributed by atoms with E-state index in [0.29, 0.717) is 28.0 Å². The third-order valence-corrected chi connectivity index (χ3v) is 4.63. The summed E-state index contributed by atoms with van der Waals surface area (Å²) in [5.41, 5.74) is 2.17. The molecule has 4 aromatic rings. The first-order chi connectivity index (χ1) is 15.4. The second kappa shape index (κ2) is 8.73. The van der Waals surface area contributed by atoms with Crippen molar-refractivity contribution in [3.63, 3.8) is 0 Å². The molecule has 2 aromatic carbocycles. The molecule has 0 spiro atoms. The highest BCUT2D eigenvalue weighted by Crippen LogP contribution is 2.21. The second-order valence-corrected chi connectivity index (χ2v) is 7.02. The number of phenols is 1. The fourth-order valence-corrected chi connectivity index (χ4v) is 3.02. The molecule has 1 amide bonds. The van der Waals surface area contributed by atoms with E-state index in [1.54, 1.807) is 42.6 Å². The van der Waals surface area contributed by atoms with Gasteiger partial charge in [-0.15, -0.1) is 0 Å². The SMILES string of the molecule is COC(=O)c1cccc(N=c2oc3cc(O)ccc3cc2C(=O)Nc2ccc(C)cn2)c1. The Morgan fingerprint density at radius 2 is 1.94 bits per heavy atom. The van der Waals surface area contributed by atoms with Crippen molar-refractivity contribution in [3.8, 4) is 5.75 Å². The number of hydrogen-bond acceptors (Lipinski definition) is 7. The van der Waals surface area contributed by atoms with E-state index >= 15 is 0 Å². The number of aromatic nitrogens is 1. The van der Waals surface area contributed by atoms with Crippen LogP contribution in [0.1, 0.15) is 26.3 Å². The molecule has 0 bridgehead atoms. The van der Waals surface area contributed by atoms with Crippen molar-refractivity contribution in [1.82, 2.24) is 4.98 Å². The van der Waals surface area contributed by atoms with Crippen LogP contribution in [0.15, 0.2) is 76.3 Å². The molecule has 2 N–H and O–H groups in total. The average Bonchev–Trinajstić information content (AvgIpc) is 2.79. The summed E-state index contributed by atoms with van der Waals surface area (Å²) in [6, 6.07) is 16.1. The summed E-state index contributed by atoms with van der Waals surface area (Å²) >= 11 is 0. The van der Waals surface area contributed by atoms with Gasteiger partial charge in [0.2, 0.25) is 5.55 Å². The minimum Gasteiger partial charge on any atom is -0.508 e. The number of aromatic hydroxyl groups is 1. The number of nitrogens with one attached hydrogen (secondary N) is 1. The Morgan fingerprint density at radius 1 is 1.09 bits per heavy atom. The largest absolute Gasteiger partial charge is 0.508 e. The first-order valence-electron chi connectivity index (χ1n) is 9.67. The summed E-state index contributed by atoms with van der Waals surface area (Å²) in [6.07, 6.45) is 1.65. The standard InChI is InChI=1S/C24H19N3O5/c1-14-6-9-21(25-13-14)27-22(29)19-11-15-7-8-18(28)12-20(15)32-23(19)26-17-5-3-4-16(10-17)24(30)31-2/h3-13,28H,1-2H3,(H,25,27,29). The van der Waals surface area contributed by atoms with E-state index in [2.05, 4.69) is 15.3 Å². The van der Waals surface area contributed by atoms with Gasteiger partial charge in [0.25, 0.3) is 5.91 Å². The molecule has 4 rings (SSSR count). The van der Waals surface area contributed by atoms with Crippen molar-refractivity contribution < 1.29 is 23.8 Å². The van der Waals surface area contributed by atoms with Gasteiger partial charge < -0.3 is 19.6 Å². The van der Waals surface area contributed by atoms with Gasteiger partial charge in [0.1, 0.15) is 22.7 Å². The predicted molar refractivity (Wildman–Crippen MR) is 118 cm³/mol. The minimum atomic E-state index is -0.508. The first kappa shape index (κ1) is 20.8. The zero-order valence-electron chi connectivity index (χ0n) is 17.3. The Kier molecular flexibility index (Phi) is 5.67. The molecular formula is C24H19N3O5. The number of hydrogen-bond donors (Lipinski definition) is 2. The highest BCUT2D eigenvalue weighted by Gasteiger charge is 2.14. The smallest absolute Gasteiger partial charge is 0.337 e. The summed E-state index contributed by atoms with van der Waals surface area (Å²) in [7, 11) is 1.29. The van der Waals surface area contributed by atoms with Crippen LogP contribution in [0, 0.1) is 6.92 Å². The average molecular weight is 429 g/mol. The summed E-state index contributed by atoms with van der Waals surface area (Å²) < 4.78 is 10.6. The Morgan fingerprint density at radius 3 is 2.69 bits per heavy atom. The Labute approximate surface area is 182 Å². The topological polar surface area (TPSA) is 114 Å². The fourth-order valence-electron chi connectivity index (χ4n) is 3.02. The van der Waals surface area contributed by atoms with Crippen LogP contribution in [-0.2, 0) is 4.74 Å². The van der Waals surface area contributed by atoms with Gasteiger partial charge in [-0.2, -0.15) is 0 Å². The summed E-state index contributed by atoms with van der Waals surface area (Å²) in [4.78, 5) is 33.5. The van der Waals surface area contributed by atoms with E-state index < -0.39 is 11.9 Å². The monoisotopic (exact) mass is 429 g/mol. The molecule has 160 valence electrons. The van der Waals surface area contributed by atoms with Crippen molar-refractivity contribution in [3.05, 3.63) is 89.1 Å². The van der Waals surface area contributed by atoms with Gasteiger partial charge in [0.15, 0.2) is 0 Å². The van der Waals surface area contributed by atoms with E-state index in [9.17, 15) is 14.7 Å². The van der Waals surface area contributed by atoms with Crippen molar-refractivity contribution in [2.24, 2.45) is 4.99 Å². The number of pyridine rings is 1. The minimum absolute atomic E-state index is 0.00901. The lowest BCUT2D eigenvalue weighted by Crippen LogP contribution is -2.22. The highest BCUT2D eigenvalue weighted by atomic mass is 16.5. The van der Waals surface area contributed by atoms with E-state index in [-0.39, 0.29) is 16.9 Å². The van der Waals surface area contributed by atoms with Crippen molar-refractivity contribution >= 4 is 34.4 Å². The Balaban J connectivity index is 1.84. The lowest BCUT2D eigenvalue weighted by molar-refractivity contribution is 0.0600. The molecule has 8 nitrogen and oxygen atoms in total. The van der Waals surface area contributed by atoms with E-state index in [1.165, 1.54) is 25.3 Å². The molecule has 0 aliphatic rings. The Hall–Kier alpha value is -4.46. The number of nitrogens with zero attached hydrogens (tertiary/aromatic N) is 2. The number of benzene rings is 2. The number of anilines is 1. The molecule has 0 aliphatic carbocycles. The van der Waals surface area contributed by atoms with E-state index in [1.807, 2.05) is 13.0 Å². The van der Waals surface area contributed by atoms with Gasteiger partial charge in [-0.25, -0.2) is 14.8 Å². The third kappa shape index (κ3) is 4.49. The zero-order chi connectivity index (χ0) is 22.7. The maximum Gasteiger partial charge on any atom is 0.337 e. The van der Waals surface area contributed by atoms with Crippen LogP contribution in [0.3, 0.4) is 0 Å². The fraction of sp³-hybridized carbons (Fsp3) is 0.0833. The number of carbonyl (C=O) groups excluding carboxylic acids is 2. The molecule has 0 unspecified atom stereocenters. The molecule has 0 fully saturated rings. The molecule has 32 heavy (non-hydrogen) atoms. The quantitative estimate of drug-likeness (QED) is 0.472. The molecular weight excluding hydrogens is 410 g/mol. The molecule has 0 aliphatic heterocycles. The number of amides is 1. The Bertz CT molecular complexity index is 1390. The number of carbonyl (C=O) groups is 2. The van der Waals surface area contributed by atoms with Gasteiger partial charge in [0.05, 0.1) is 18.4 Å². The van der Waals surface area contributed by atoms with Gasteiger partial charge >= 0.3 is 5.97 Å². The lowest BCUT2D eigenvalue weighted by Gasteiger charge is -2.07. The van der Waals surface area contributed by atoms with Crippen LogP contribution in [0.5, 0.6) is 5.75 Å². The summed E-state index contributed by atoms with van der Waals surface area (Å²) in [5.74, 6) is -0.584. The van der Waals surface area contributed by atoms with Crippen LogP contribution in [-0.4, -0.2) is 29.1 Å². The van der Waals surface area contributed by atoms with Gasteiger partial charge in [-0.05, 0) is 55.0 Å². The van der Waals surface area contributed by atoms with Crippen LogP contribution in [0.4, 0.5) is 11.5 Å². The third-order valence-electron chi connectivity index (χ3n) is 4.63. The van der Waals surface area contributed by atoms with Gasteiger partial charge in [0, 0.05) is 17.6 Å². The normalized spacial score (nSPS) is 11.4. The van der Waals surface area contributed by atoms with Crippen LogP contribution in [0.2, 0.25) is 0 Å². The van der Waals surface area contributed by atoms with Crippen molar-refractivity contribution in [2.75, 3.05) is 12.4 Å². The van der Waals surface area contributed by atoms with Gasteiger partial charge in [-0.3, -0.25) is 4.79 Å². The van der Waals surface area contributed by atoms with E-state index in [4.69, 9.17) is 9.15 Å². The summed E-state index contributed by atoms with van der Waals surface area (Å²) in [6.45, 7) is 1.90. The van der Waals surface area contributed by atoms with Crippen LogP contribution in [0.25, 0.3) is 11.0 Å². The first-order valence-corrected chi connectivity index (χ1v) is 9.67. The lowest BCUT2D eigenvalue weighted by atomic mass is 10.1. The number of aryl methyl sites for hydroxylation is 1. The number of ether oxygens (including phenoxy) is 1. The number of esters is 1. The van der Waals surface area contributed by atoms with Crippen LogP contribution >= 0.6 is 0 Å². The molecule has 0 saturated heterocycles. The number of phenolic OH excluding ortho intramolecular Hbond substituents is 1. The van der Waals surface area contributed by atoms with Crippen molar-refractivity contribution in [1.29, 1.82) is 0 Å².